The molecule has 3 nitrogen and oxygen atoms in total. The summed E-state index contributed by atoms with van der Waals surface area (Å²) in [4.78, 5) is 8.42. The van der Waals surface area contributed by atoms with E-state index in [1.807, 2.05) is 13.8 Å². The molecule has 0 bridgehead atoms. The number of aromatic nitrogens is 2. The highest BCUT2D eigenvalue weighted by atomic mass is 15.0. The van der Waals surface area contributed by atoms with Crippen molar-refractivity contribution in [2.24, 2.45) is 0 Å². The van der Waals surface area contributed by atoms with Crippen LogP contribution in [-0.2, 0) is 5.41 Å². The highest BCUT2D eigenvalue weighted by Gasteiger charge is 2.21. The van der Waals surface area contributed by atoms with Gasteiger partial charge in [0.1, 0.15) is 0 Å². The summed E-state index contributed by atoms with van der Waals surface area (Å²) < 4.78 is 0. The van der Waals surface area contributed by atoms with Crippen LogP contribution in [0.4, 0.5) is 5.95 Å². The largest absolute Gasteiger partial charge is 0.368 e. The van der Waals surface area contributed by atoms with E-state index in [1.54, 1.807) is 0 Å². The molecule has 0 unspecified atom stereocenters. The molecule has 0 radical (unpaired) electrons. The molecule has 0 amide bonds. The number of rotatable bonds is 0. The molecule has 1 aromatic rings. The minimum Gasteiger partial charge on any atom is -0.368 e. The van der Waals surface area contributed by atoms with E-state index in [2.05, 4.69) is 42.6 Å². The van der Waals surface area contributed by atoms with Gasteiger partial charge in [-0.05, 0) is 13.8 Å². The Bertz CT molecular complexity index is 431. The van der Waals surface area contributed by atoms with Gasteiger partial charge in [0, 0.05) is 5.41 Å². The van der Waals surface area contributed by atoms with Crippen LogP contribution >= 0.6 is 0 Å². The van der Waals surface area contributed by atoms with Gasteiger partial charge in [-0.2, -0.15) is 0 Å². The van der Waals surface area contributed by atoms with Crippen LogP contribution in [0, 0.1) is 18.8 Å². The van der Waals surface area contributed by atoms with E-state index in [9.17, 15) is 0 Å². The molecule has 0 saturated carbocycles. The zero-order chi connectivity index (χ0) is 11.6. The Morgan fingerprint density at radius 2 is 1.80 bits per heavy atom. The molecule has 0 aliphatic carbocycles. The van der Waals surface area contributed by atoms with Crippen LogP contribution in [0.15, 0.2) is 0 Å². The molecule has 1 heterocycles. The standard InChI is InChI=1S/C12H17N3/c1-6-7-9-8(2)14-11(13)15-10(9)12(3,4)5/h1-5H3,(H2,13,14,15). The summed E-state index contributed by atoms with van der Waals surface area (Å²) in [6.07, 6.45) is 0. The third-order valence-electron chi connectivity index (χ3n) is 2.07. The molecule has 0 spiro atoms. The summed E-state index contributed by atoms with van der Waals surface area (Å²) in [6, 6.07) is 0. The number of nitrogen functional groups attached to an aromatic ring is 1. The average Bonchev–Trinajstić information content (AvgIpc) is 2.07. The van der Waals surface area contributed by atoms with Gasteiger partial charge >= 0.3 is 0 Å². The van der Waals surface area contributed by atoms with Crippen LogP contribution in [0.1, 0.15) is 44.6 Å². The van der Waals surface area contributed by atoms with Crippen molar-refractivity contribution in [3.63, 3.8) is 0 Å². The first-order chi connectivity index (χ1) is 6.86. The summed E-state index contributed by atoms with van der Waals surface area (Å²) >= 11 is 0. The molecular weight excluding hydrogens is 186 g/mol. The van der Waals surface area contributed by atoms with Gasteiger partial charge in [0.05, 0.1) is 17.0 Å². The number of anilines is 1. The average molecular weight is 203 g/mol. The Kier molecular flexibility index (Phi) is 2.99. The van der Waals surface area contributed by atoms with Gasteiger partial charge in [0.2, 0.25) is 5.95 Å². The molecule has 1 aromatic heterocycles. The fourth-order valence-corrected chi connectivity index (χ4v) is 1.41. The van der Waals surface area contributed by atoms with Crippen LogP contribution < -0.4 is 5.73 Å². The molecule has 0 aliphatic rings. The number of hydrogen-bond acceptors (Lipinski definition) is 3. The summed E-state index contributed by atoms with van der Waals surface area (Å²) in [6.45, 7) is 9.99. The number of hydrogen-bond donors (Lipinski definition) is 1. The molecule has 1 rings (SSSR count). The second-order valence-electron chi connectivity index (χ2n) is 4.52. The summed E-state index contributed by atoms with van der Waals surface area (Å²) in [5.74, 6) is 6.25. The smallest absolute Gasteiger partial charge is 0.220 e. The second-order valence-corrected chi connectivity index (χ2v) is 4.52. The van der Waals surface area contributed by atoms with E-state index >= 15 is 0 Å². The highest BCUT2D eigenvalue weighted by molar-refractivity contribution is 5.46. The van der Waals surface area contributed by atoms with Gasteiger partial charge in [-0.25, -0.2) is 9.97 Å². The summed E-state index contributed by atoms with van der Waals surface area (Å²) in [5.41, 5.74) is 8.25. The van der Waals surface area contributed by atoms with E-state index in [0.717, 1.165) is 17.0 Å². The third-order valence-corrected chi connectivity index (χ3v) is 2.07. The number of nitrogens with zero attached hydrogens (tertiary/aromatic N) is 2. The maximum Gasteiger partial charge on any atom is 0.220 e. The molecule has 0 saturated heterocycles. The Morgan fingerprint density at radius 3 is 2.27 bits per heavy atom. The second kappa shape index (κ2) is 3.90. The summed E-state index contributed by atoms with van der Waals surface area (Å²) in [7, 11) is 0. The lowest BCUT2D eigenvalue weighted by Crippen LogP contribution is -2.18. The maximum atomic E-state index is 5.65. The lowest BCUT2D eigenvalue weighted by Gasteiger charge is -2.20. The van der Waals surface area contributed by atoms with Crippen LogP contribution in [0.3, 0.4) is 0 Å². The van der Waals surface area contributed by atoms with Crippen molar-refractivity contribution < 1.29 is 0 Å². The fraction of sp³-hybridized carbons (Fsp3) is 0.500. The number of nitrogens with two attached hydrogens (primary N) is 1. The summed E-state index contributed by atoms with van der Waals surface area (Å²) in [5, 5.41) is 0. The molecule has 0 fully saturated rings. The van der Waals surface area contributed by atoms with Crippen LogP contribution in [0.2, 0.25) is 0 Å². The van der Waals surface area contributed by atoms with E-state index in [4.69, 9.17) is 5.73 Å². The van der Waals surface area contributed by atoms with Crippen LogP contribution in [-0.4, -0.2) is 9.97 Å². The molecule has 2 N–H and O–H groups in total. The Balaban J connectivity index is 3.52. The first-order valence-corrected chi connectivity index (χ1v) is 4.93. The minimum atomic E-state index is -0.0684. The Hall–Kier alpha value is -1.56. The monoisotopic (exact) mass is 203 g/mol. The van der Waals surface area contributed by atoms with Crippen molar-refractivity contribution >= 4 is 5.95 Å². The topological polar surface area (TPSA) is 51.8 Å². The molecule has 0 aliphatic heterocycles. The van der Waals surface area contributed by atoms with E-state index in [0.29, 0.717) is 5.95 Å². The van der Waals surface area contributed by atoms with Crippen LogP contribution in [0.5, 0.6) is 0 Å². The molecule has 15 heavy (non-hydrogen) atoms. The first kappa shape index (κ1) is 11.5. The van der Waals surface area contributed by atoms with E-state index in [1.165, 1.54) is 0 Å². The zero-order valence-corrected chi connectivity index (χ0v) is 9.97. The van der Waals surface area contributed by atoms with Gasteiger partial charge < -0.3 is 5.73 Å². The Morgan fingerprint density at radius 1 is 1.20 bits per heavy atom. The lowest BCUT2D eigenvalue weighted by atomic mass is 9.88. The quantitative estimate of drug-likeness (QED) is 0.656. The van der Waals surface area contributed by atoms with Gasteiger partial charge in [-0.3, -0.25) is 0 Å². The minimum absolute atomic E-state index is 0.0684. The van der Waals surface area contributed by atoms with Crippen molar-refractivity contribution in [1.82, 2.24) is 9.97 Å². The molecule has 0 atom stereocenters. The van der Waals surface area contributed by atoms with Crippen molar-refractivity contribution in [2.45, 2.75) is 40.0 Å². The SMILES string of the molecule is CC#Cc1c(C)nc(N)nc1C(C)(C)C. The van der Waals surface area contributed by atoms with Crippen molar-refractivity contribution in [3.8, 4) is 11.8 Å². The van der Waals surface area contributed by atoms with Crippen molar-refractivity contribution in [3.05, 3.63) is 17.0 Å². The Labute approximate surface area is 91.1 Å². The highest BCUT2D eigenvalue weighted by Crippen LogP contribution is 2.25. The molecular formula is C12H17N3. The fourth-order valence-electron chi connectivity index (χ4n) is 1.41. The maximum absolute atomic E-state index is 5.65. The molecule has 80 valence electrons. The van der Waals surface area contributed by atoms with Gasteiger partial charge in [0.15, 0.2) is 0 Å². The number of aryl methyl sites for hydroxylation is 1. The molecule has 0 aromatic carbocycles. The van der Waals surface area contributed by atoms with Crippen molar-refractivity contribution in [2.75, 3.05) is 5.73 Å². The van der Waals surface area contributed by atoms with Gasteiger partial charge in [0.25, 0.3) is 0 Å². The van der Waals surface area contributed by atoms with Crippen LogP contribution in [0.25, 0.3) is 0 Å². The first-order valence-electron chi connectivity index (χ1n) is 4.93. The van der Waals surface area contributed by atoms with E-state index < -0.39 is 0 Å². The van der Waals surface area contributed by atoms with Gasteiger partial charge in [-0.15, -0.1) is 5.92 Å². The third kappa shape index (κ3) is 2.47. The normalized spacial score (nSPS) is 10.7. The molecule has 3 heteroatoms. The predicted molar refractivity (Wildman–Crippen MR) is 62.4 cm³/mol. The van der Waals surface area contributed by atoms with Crippen molar-refractivity contribution in [1.29, 1.82) is 0 Å². The zero-order valence-electron chi connectivity index (χ0n) is 9.97. The van der Waals surface area contributed by atoms with E-state index in [-0.39, 0.29) is 5.41 Å². The predicted octanol–water partition coefficient (Wildman–Crippen LogP) is 2.04. The van der Waals surface area contributed by atoms with Gasteiger partial charge in [-0.1, -0.05) is 26.7 Å². The lowest BCUT2D eigenvalue weighted by molar-refractivity contribution is 0.565.